The van der Waals surface area contributed by atoms with Crippen LogP contribution in [0.5, 0.6) is 5.75 Å². The average Bonchev–Trinajstić information content (AvgIpc) is 2.17. The minimum Gasteiger partial charge on any atom is -0.476 e. The standard InChI is InChI=1S/C10H7NO/c1-11-9-6-8-4-2-3-5-10(8)12-7-9/h2-5,7H,6H2. The Balaban J connectivity index is 2.38. The van der Waals surface area contributed by atoms with Gasteiger partial charge >= 0.3 is 0 Å². The maximum Gasteiger partial charge on any atom is 0.204 e. The number of hydrogen-bond acceptors (Lipinski definition) is 1. The Morgan fingerprint density at radius 3 is 3.00 bits per heavy atom. The van der Waals surface area contributed by atoms with Crippen molar-refractivity contribution in [2.75, 3.05) is 0 Å². The summed E-state index contributed by atoms with van der Waals surface area (Å²) in [7, 11) is 0. The van der Waals surface area contributed by atoms with E-state index in [1.807, 2.05) is 24.3 Å². The zero-order chi connectivity index (χ0) is 8.39. The molecule has 1 aromatic carbocycles. The first-order chi connectivity index (χ1) is 5.90. The zero-order valence-corrected chi connectivity index (χ0v) is 6.45. The van der Waals surface area contributed by atoms with Gasteiger partial charge in [-0.1, -0.05) is 18.2 Å². The number of benzene rings is 1. The van der Waals surface area contributed by atoms with Crippen LogP contribution in [-0.2, 0) is 6.42 Å². The van der Waals surface area contributed by atoms with Crippen molar-refractivity contribution in [1.82, 2.24) is 0 Å². The van der Waals surface area contributed by atoms with Gasteiger partial charge in [0, 0.05) is 6.42 Å². The Bertz CT molecular complexity index is 374. The lowest BCUT2D eigenvalue weighted by atomic mass is 10.1. The van der Waals surface area contributed by atoms with Crippen molar-refractivity contribution in [2.45, 2.75) is 6.42 Å². The van der Waals surface area contributed by atoms with E-state index in [1.54, 1.807) is 0 Å². The Kier molecular flexibility index (Phi) is 1.56. The molecule has 0 spiro atoms. The van der Waals surface area contributed by atoms with Gasteiger partial charge in [0.25, 0.3) is 0 Å². The molecule has 1 heterocycles. The van der Waals surface area contributed by atoms with Crippen LogP contribution in [0.3, 0.4) is 0 Å². The first kappa shape index (κ1) is 6.93. The molecule has 0 fully saturated rings. The number of rotatable bonds is 0. The number of para-hydroxylation sites is 1. The minimum absolute atomic E-state index is 0.661. The molecule has 0 atom stereocenters. The fourth-order valence-corrected chi connectivity index (χ4v) is 1.20. The zero-order valence-electron chi connectivity index (χ0n) is 6.45. The summed E-state index contributed by atoms with van der Waals surface area (Å²) in [4.78, 5) is 3.33. The second-order valence-electron chi connectivity index (χ2n) is 2.62. The van der Waals surface area contributed by atoms with Gasteiger partial charge in [-0.3, -0.25) is 0 Å². The molecule has 1 aliphatic rings. The van der Waals surface area contributed by atoms with E-state index in [0.717, 1.165) is 11.3 Å². The number of fused-ring (bicyclic) bond motifs is 1. The van der Waals surface area contributed by atoms with E-state index in [9.17, 15) is 0 Å². The summed E-state index contributed by atoms with van der Waals surface area (Å²) in [6.45, 7) is 6.82. The van der Waals surface area contributed by atoms with Gasteiger partial charge in [0.2, 0.25) is 5.70 Å². The van der Waals surface area contributed by atoms with Crippen molar-refractivity contribution >= 4 is 0 Å². The van der Waals surface area contributed by atoms with Gasteiger partial charge in [-0.15, -0.1) is 0 Å². The molecule has 2 heteroatoms. The number of ether oxygens (including phenoxy) is 1. The molecule has 0 saturated heterocycles. The van der Waals surface area contributed by atoms with Crippen LogP contribution in [0.15, 0.2) is 36.2 Å². The van der Waals surface area contributed by atoms with Crippen LogP contribution in [0.2, 0.25) is 0 Å². The SMILES string of the molecule is [C-]#[N+]C1=COc2ccccc2C1. The van der Waals surface area contributed by atoms with Gasteiger partial charge in [-0.25, -0.2) is 4.85 Å². The highest BCUT2D eigenvalue weighted by Crippen LogP contribution is 2.25. The van der Waals surface area contributed by atoms with Crippen LogP contribution in [-0.4, -0.2) is 0 Å². The highest BCUT2D eigenvalue weighted by atomic mass is 16.5. The molecule has 12 heavy (non-hydrogen) atoms. The molecule has 0 amide bonds. The van der Waals surface area contributed by atoms with Crippen molar-refractivity contribution in [2.24, 2.45) is 0 Å². The third-order valence-electron chi connectivity index (χ3n) is 1.81. The van der Waals surface area contributed by atoms with E-state index in [1.165, 1.54) is 6.26 Å². The van der Waals surface area contributed by atoms with Crippen molar-refractivity contribution in [3.63, 3.8) is 0 Å². The quantitative estimate of drug-likeness (QED) is 0.527. The Morgan fingerprint density at radius 2 is 2.17 bits per heavy atom. The monoisotopic (exact) mass is 157 g/mol. The molecular formula is C10H7NO. The third-order valence-corrected chi connectivity index (χ3v) is 1.81. The van der Waals surface area contributed by atoms with Crippen molar-refractivity contribution < 1.29 is 4.74 Å². The number of hydrogen-bond donors (Lipinski definition) is 0. The van der Waals surface area contributed by atoms with Gasteiger partial charge in [-0.2, -0.15) is 0 Å². The molecule has 58 valence electrons. The Hall–Kier alpha value is -1.75. The lowest BCUT2D eigenvalue weighted by Crippen LogP contribution is -1.99. The van der Waals surface area contributed by atoms with Crippen LogP contribution in [0.4, 0.5) is 0 Å². The van der Waals surface area contributed by atoms with Gasteiger partial charge < -0.3 is 4.74 Å². The van der Waals surface area contributed by atoms with Gasteiger partial charge in [-0.05, 0) is 11.6 Å². The van der Waals surface area contributed by atoms with Crippen LogP contribution >= 0.6 is 0 Å². The third kappa shape index (κ3) is 1.06. The van der Waals surface area contributed by atoms with Gasteiger partial charge in [0.05, 0.1) is 12.8 Å². The maximum absolute atomic E-state index is 6.82. The lowest BCUT2D eigenvalue weighted by molar-refractivity contribution is 0.459. The van der Waals surface area contributed by atoms with E-state index in [2.05, 4.69) is 4.85 Å². The fourth-order valence-electron chi connectivity index (χ4n) is 1.20. The summed E-state index contributed by atoms with van der Waals surface area (Å²) in [5.41, 5.74) is 1.75. The highest BCUT2D eigenvalue weighted by molar-refractivity contribution is 5.40. The van der Waals surface area contributed by atoms with E-state index < -0.39 is 0 Å². The average molecular weight is 157 g/mol. The maximum atomic E-state index is 6.82. The van der Waals surface area contributed by atoms with Gasteiger partial charge in [0.15, 0.2) is 0 Å². The van der Waals surface area contributed by atoms with Crippen molar-refractivity contribution in [1.29, 1.82) is 0 Å². The van der Waals surface area contributed by atoms with E-state index >= 15 is 0 Å². The second kappa shape index (κ2) is 2.71. The molecule has 0 bridgehead atoms. The van der Waals surface area contributed by atoms with Crippen molar-refractivity contribution in [3.05, 3.63) is 53.2 Å². The summed E-state index contributed by atoms with van der Waals surface area (Å²) in [6, 6.07) is 7.77. The van der Waals surface area contributed by atoms with E-state index in [-0.39, 0.29) is 0 Å². The molecule has 1 aromatic rings. The summed E-state index contributed by atoms with van der Waals surface area (Å²) in [6.07, 6.45) is 2.22. The molecule has 0 aromatic heterocycles. The predicted octanol–water partition coefficient (Wildman–Crippen LogP) is 2.38. The van der Waals surface area contributed by atoms with Crippen LogP contribution in [0, 0.1) is 6.57 Å². The lowest BCUT2D eigenvalue weighted by Gasteiger charge is -2.12. The normalized spacial score (nSPS) is 13.8. The van der Waals surface area contributed by atoms with Crippen LogP contribution in [0.25, 0.3) is 4.85 Å². The largest absolute Gasteiger partial charge is 0.476 e. The Morgan fingerprint density at radius 1 is 1.33 bits per heavy atom. The summed E-state index contributed by atoms with van der Waals surface area (Å²) in [5.74, 6) is 0.866. The Labute approximate surface area is 70.9 Å². The van der Waals surface area contributed by atoms with E-state index in [4.69, 9.17) is 11.3 Å². The predicted molar refractivity (Wildman–Crippen MR) is 45.5 cm³/mol. The minimum atomic E-state index is 0.661. The molecule has 2 rings (SSSR count). The molecule has 0 N–H and O–H groups in total. The fraction of sp³-hybridized carbons (Fsp3) is 0.100. The smallest absolute Gasteiger partial charge is 0.204 e. The second-order valence-corrected chi connectivity index (χ2v) is 2.62. The molecule has 0 saturated carbocycles. The molecule has 1 aliphatic heterocycles. The van der Waals surface area contributed by atoms with E-state index in [0.29, 0.717) is 12.1 Å². The molecule has 0 radical (unpaired) electrons. The van der Waals surface area contributed by atoms with Crippen LogP contribution < -0.4 is 4.74 Å². The molecule has 0 aliphatic carbocycles. The molecule has 0 unspecified atom stereocenters. The topological polar surface area (TPSA) is 13.6 Å². The summed E-state index contributed by atoms with van der Waals surface area (Å²) in [5, 5.41) is 0. The number of allylic oxidation sites excluding steroid dienone is 1. The first-order valence-corrected chi connectivity index (χ1v) is 3.71. The van der Waals surface area contributed by atoms with Gasteiger partial charge in [0.1, 0.15) is 5.75 Å². The highest BCUT2D eigenvalue weighted by Gasteiger charge is 2.10. The molecule has 2 nitrogen and oxygen atoms in total. The summed E-state index contributed by atoms with van der Waals surface area (Å²) >= 11 is 0. The van der Waals surface area contributed by atoms with Crippen molar-refractivity contribution in [3.8, 4) is 5.75 Å². The first-order valence-electron chi connectivity index (χ1n) is 3.71. The summed E-state index contributed by atoms with van der Waals surface area (Å²) < 4.78 is 5.25. The number of nitrogens with zero attached hydrogens (tertiary/aromatic N) is 1. The van der Waals surface area contributed by atoms with Crippen LogP contribution in [0.1, 0.15) is 5.56 Å². The molecular weight excluding hydrogens is 150 g/mol.